The molecule has 0 aliphatic carbocycles. The SMILES string of the molecule is O=c1[nH]c(-c2cc(O)cc(O)c2)nc2ccccc12. The van der Waals surface area contributed by atoms with E-state index < -0.39 is 0 Å². The molecule has 94 valence electrons. The smallest absolute Gasteiger partial charge is 0.259 e. The molecule has 3 aromatic rings. The monoisotopic (exact) mass is 254 g/mol. The van der Waals surface area contributed by atoms with E-state index in [4.69, 9.17) is 0 Å². The van der Waals surface area contributed by atoms with E-state index in [0.717, 1.165) is 0 Å². The van der Waals surface area contributed by atoms with Crippen molar-refractivity contribution >= 4 is 10.9 Å². The summed E-state index contributed by atoms with van der Waals surface area (Å²) in [7, 11) is 0. The summed E-state index contributed by atoms with van der Waals surface area (Å²) in [5.41, 5.74) is 0.743. The summed E-state index contributed by atoms with van der Waals surface area (Å²) < 4.78 is 0. The molecule has 5 nitrogen and oxygen atoms in total. The number of hydrogen-bond acceptors (Lipinski definition) is 4. The first kappa shape index (κ1) is 11.3. The molecule has 1 aromatic heterocycles. The van der Waals surface area contributed by atoms with Gasteiger partial charge in [-0.15, -0.1) is 0 Å². The fraction of sp³-hybridized carbons (Fsp3) is 0. The zero-order valence-corrected chi connectivity index (χ0v) is 9.79. The van der Waals surface area contributed by atoms with E-state index in [1.165, 1.54) is 18.2 Å². The highest BCUT2D eigenvalue weighted by atomic mass is 16.3. The number of phenolic OH excluding ortho intramolecular Hbond substituents is 2. The lowest BCUT2D eigenvalue weighted by Crippen LogP contribution is -2.09. The van der Waals surface area contributed by atoms with Gasteiger partial charge in [-0.05, 0) is 24.3 Å². The standard InChI is InChI=1S/C14H10N2O3/c17-9-5-8(6-10(18)7-9)13-15-12-4-2-1-3-11(12)14(19)16-13/h1-7,17-18H,(H,15,16,19). The van der Waals surface area contributed by atoms with Crippen molar-refractivity contribution in [3.8, 4) is 22.9 Å². The summed E-state index contributed by atoms with van der Waals surface area (Å²) in [6.45, 7) is 0. The van der Waals surface area contributed by atoms with Crippen molar-refractivity contribution < 1.29 is 10.2 Å². The number of nitrogens with one attached hydrogen (secondary N) is 1. The molecule has 0 amide bonds. The molecule has 19 heavy (non-hydrogen) atoms. The number of nitrogens with zero attached hydrogens (tertiary/aromatic N) is 1. The van der Waals surface area contributed by atoms with Crippen LogP contribution in [0.25, 0.3) is 22.3 Å². The minimum absolute atomic E-state index is 0.0918. The molecule has 3 N–H and O–H groups in total. The lowest BCUT2D eigenvalue weighted by molar-refractivity contribution is 0.451. The summed E-state index contributed by atoms with van der Waals surface area (Å²) in [4.78, 5) is 18.9. The van der Waals surface area contributed by atoms with Crippen molar-refractivity contribution in [1.82, 2.24) is 9.97 Å². The van der Waals surface area contributed by atoms with Crippen molar-refractivity contribution in [2.75, 3.05) is 0 Å². The number of aromatic amines is 1. The number of aromatic nitrogens is 2. The Balaban J connectivity index is 2.28. The first-order valence-corrected chi connectivity index (χ1v) is 5.66. The largest absolute Gasteiger partial charge is 0.508 e. The van der Waals surface area contributed by atoms with Crippen LogP contribution in [0, 0.1) is 0 Å². The Kier molecular flexibility index (Phi) is 2.45. The number of benzene rings is 2. The van der Waals surface area contributed by atoms with E-state index in [2.05, 4.69) is 9.97 Å². The van der Waals surface area contributed by atoms with E-state index in [1.54, 1.807) is 24.3 Å². The Morgan fingerprint density at radius 3 is 2.42 bits per heavy atom. The van der Waals surface area contributed by atoms with Crippen molar-refractivity contribution in [1.29, 1.82) is 0 Å². The fourth-order valence-electron chi connectivity index (χ4n) is 1.96. The van der Waals surface area contributed by atoms with Gasteiger partial charge in [0.1, 0.15) is 17.3 Å². The summed E-state index contributed by atoms with van der Waals surface area (Å²) in [6.07, 6.45) is 0. The average molecular weight is 254 g/mol. The lowest BCUT2D eigenvalue weighted by Gasteiger charge is -2.04. The van der Waals surface area contributed by atoms with Crippen molar-refractivity contribution in [2.24, 2.45) is 0 Å². The number of phenols is 2. The molecular weight excluding hydrogens is 244 g/mol. The van der Waals surface area contributed by atoms with Gasteiger partial charge >= 0.3 is 0 Å². The molecule has 1 heterocycles. The third kappa shape index (κ3) is 2.01. The third-order valence-electron chi connectivity index (χ3n) is 2.79. The van der Waals surface area contributed by atoms with Crippen LogP contribution in [0.2, 0.25) is 0 Å². The van der Waals surface area contributed by atoms with Crippen LogP contribution in [0.1, 0.15) is 0 Å². The lowest BCUT2D eigenvalue weighted by atomic mass is 10.1. The quantitative estimate of drug-likeness (QED) is 0.620. The van der Waals surface area contributed by atoms with E-state index in [1.807, 2.05) is 0 Å². The van der Waals surface area contributed by atoms with Crippen LogP contribution < -0.4 is 5.56 Å². The third-order valence-corrected chi connectivity index (χ3v) is 2.79. The van der Waals surface area contributed by atoms with Crippen LogP contribution in [-0.2, 0) is 0 Å². The molecule has 0 saturated carbocycles. The van der Waals surface area contributed by atoms with Crippen LogP contribution in [0.15, 0.2) is 47.3 Å². The second kappa shape index (κ2) is 4.13. The van der Waals surface area contributed by atoms with Crippen molar-refractivity contribution in [2.45, 2.75) is 0 Å². The molecule has 2 aromatic carbocycles. The molecule has 0 radical (unpaired) electrons. The Bertz CT molecular complexity index is 804. The Hall–Kier alpha value is -2.82. The zero-order chi connectivity index (χ0) is 13.4. The topological polar surface area (TPSA) is 86.2 Å². The van der Waals surface area contributed by atoms with Gasteiger partial charge in [0, 0.05) is 11.6 Å². The first-order chi connectivity index (χ1) is 9.13. The summed E-state index contributed by atoms with van der Waals surface area (Å²) in [6, 6.07) is 11.0. The van der Waals surface area contributed by atoms with Gasteiger partial charge in [-0.25, -0.2) is 4.98 Å². The number of H-pyrrole nitrogens is 1. The number of para-hydroxylation sites is 1. The van der Waals surface area contributed by atoms with Crippen LogP contribution in [0.4, 0.5) is 0 Å². The minimum Gasteiger partial charge on any atom is -0.508 e. The molecule has 0 aliphatic rings. The first-order valence-electron chi connectivity index (χ1n) is 5.66. The summed E-state index contributed by atoms with van der Waals surface area (Å²) >= 11 is 0. The Morgan fingerprint density at radius 1 is 1.00 bits per heavy atom. The van der Waals surface area contributed by atoms with Crippen molar-refractivity contribution in [3.63, 3.8) is 0 Å². The Morgan fingerprint density at radius 2 is 1.68 bits per heavy atom. The number of rotatable bonds is 1. The van der Waals surface area contributed by atoms with E-state index >= 15 is 0 Å². The van der Waals surface area contributed by atoms with Gasteiger partial charge in [0.15, 0.2) is 0 Å². The van der Waals surface area contributed by atoms with Crippen LogP contribution in [0.5, 0.6) is 11.5 Å². The van der Waals surface area contributed by atoms with Gasteiger partial charge in [-0.1, -0.05) is 12.1 Å². The minimum atomic E-state index is -0.261. The van der Waals surface area contributed by atoms with Crippen LogP contribution >= 0.6 is 0 Å². The fourth-order valence-corrected chi connectivity index (χ4v) is 1.96. The molecule has 3 rings (SSSR count). The van der Waals surface area contributed by atoms with E-state index in [9.17, 15) is 15.0 Å². The second-order valence-corrected chi connectivity index (χ2v) is 4.17. The molecular formula is C14H10N2O3. The number of hydrogen-bond donors (Lipinski definition) is 3. The predicted molar refractivity (Wildman–Crippen MR) is 71.1 cm³/mol. The zero-order valence-electron chi connectivity index (χ0n) is 9.79. The molecule has 0 aliphatic heterocycles. The van der Waals surface area contributed by atoms with Gasteiger partial charge in [-0.3, -0.25) is 4.79 Å². The molecule has 0 bridgehead atoms. The maximum atomic E-state index is 11.9. The Labute approximate surface area is 107 Å². The van der Waals surface area contributed by atoms with Gasteiger partial charge in [0.05, 0.1) is 10.9 Å². The second-order valence-electron chi connectivity index (χ2n) is 4.17. The predicted octanol–water partition coefficient (Wildman–Crippen LogP) is 2.00. The highest BCUT2D eigenvalue weighted by molar-refractivity contribution is 5.79. The van der Waals surface area contributed by atoms with E-state index in [-0.39, 0.29) is 17.1 Å². The number of aromatic hydroxyl groups is 2. The maximum absolute atomic E-state index is 11.9. The molecule has 0 unspecified atom stereocenters. The molecule has 0 fully saturated rings. The van der Waals surface area contributed by atoms with Crippen LogP contribution in [-0.4, -0.2) is 20.2 Å². The number of fused-ring (bicyclic) bond motifs is 1. The highest BCUT2D eigenvalue weighted by Crippen LogP contribution is 2.26. The van der Waals surface area contributed by atoms with Gasteiger partial charge in [0.2, 0.25) is 0 Å². The molecule has 0 saturated heterocycles. The van der Waals surface area contributed by atoms with Gasteiger partial charge in [-0.2, -0.15) is 0 Å². The normalized spacial score (nSPS) is 10.7. The molecule has 0 atom stereocenters. The molecule has 0 spiro atoms. The maximum Gasteiger partial charge on any atom is 0.259 e. The van der Waals surface area contributed by atoms with Crippen molar-refractivity contribution in [3.05, 3.63) is 52.8 Å². The summed E-state index contributed by atoms with van der Waals surface area (Å²) in [5, 5.41) is 19.4. The van der Waals surface area contributed by atoms with Gasteiger partial charge < -0.3 is 15.2 Å². The van der Waals surface area contributed by atoms with Crippen LogP contribution in [0.3, 0.4) is 0 Å². The highest BCUT2D eigenvalue weighted by Gasteiger charge is 2.07. The van der Waals surface area contributed by atoms with Gasteiger partial charge in [0.25, 0.3) is 5.56 Å². The summed E-state index contributed by atoms with van der Waals surface area (Å²) in [5.74, 6) is 0.117. The molecule has 5 heteroatoms. The van der Waals surface area contributed by atoms with E-state index in [0.29, 0.717) is 22.3 Å². The average Bonchev–Trinajstić information content (AvgIpc) is 2.37.